The summed E-state index contributed by atoms with van der Waals surface area (Å²) in [6, 6.07) is 10.1. The summed E-state index contributed by atoms with van der Waals surface area (Å²) in [5, 5.41) is 2.80. The molecule has 0 radical (unpaired) electrons. The van der Waals surface area contributed by atoms with E-state index in [9.17, 15) is 4.79 Å². The van der Waals surface area contributed by atoms with E-state index >= 15 is 0 Å². The number of anilines is 1. The second-order valence-corrected chi connectivity index (χ2v) is 4.59. The van der Waals surface area contributed by atoms with E-state index in [0.717, 1.165) is 0 Å². The molecule has 2 rings (SSSR count). The van der Waals surface area contributed by atoms with Gasteiger partial charge in [0.15, 0.2) is 11.5 Å². The van der Waals surface area contributed by atoms with Crippen molar-refractivity contribution in [3.05, 3.63) is 42.0 Å². The maximum absolute atomic E-state index is 12.4. The van der Waals surface area contributed by atoms with Crippen molar-refractivity contribution >= 4 is 11.6 Å². The van der Waals surface area contributed by atoms with Gasteiger partial charge in [-0.25, -0.2) is 0 Å². The first-order chi connectivity index (χ1) is 11.1. The van der Waals surface area contributed by atoms with Crippen LogP contribution in [0.5, 0.6) is 23.0 Å². The summed E-state index contributed by atoms with van der Waals surface area (Å²) in [6.07, 6.45) is 0. The fourth-order valence-corrected chi connectivity index (χ4v) is 2.08. The average Bonchev–Trinajstić information content (AvgIpc) is 2.60. The van der Waals surface area contributed by atoms with Crippen LogP contribution in [0.15, 0.2) is 36.4 Å². The first-order valence-electron chi connectivity index (χ1n) is 6.88. The standard InChI is InChI=1S/C17H19NO5/c1-20-12-6-8-14(21-2)13(10-12)18-17(19)11-5-7-15(22-3)16(9-11)23-4/h5-10H,1-4H3,(H,18,19). The second-order valence-electron chi connectivity index (χ2n) is 4.59. The molecular formula is C17H19NO5. The number of rotatable bonds is 6. The number of nitrogens with one attached hydrogen (secondary N) is 1. The zero-order valence-corrected chi connectivity index (χ0v) is 13.5. The number of hydrogen-bond acceptors (Lipinski definition) is 5. The van der Waals surface area contributed by atoms with E-state index in [1.165, 1.54) is 14.2 Å². The molecule has 6 heteroatoms. The Kier molecular flexibility index (Phi) is 5.30. The summed E-state index contributed by atoms with van der Waals surface area (Å²) in [7, 11) is 6.15. The Hall–Kier alpha value is -2.89. The predicted molar refractivity (Wildman–Crippen MR) is 87.0 cm³/mol. The molecule has 1 N–H and O–H groups in total. The lowest BCUT2D eigenvalue weighted by Gasteiger charge is -2.13. The van der Waals surface area contributed by atoms with Gasteiger partial charge in [0.25, 0.3) is 5.91 Å². The normalized spacial score (nSPS) is 9.91. The molecule has 0 spiro atoms. The lowest BCUT2D eigenvalue weighted by atomic mass is 10.1. The lowest BCUT2D eigenvalue weighted by Crippen LogP contribution is -2.13. The number of hydrogen-bond donors (Lipinski definition) is 1. The van der Waals surface area contributed by atoms with Crippen LogP contribution in [0, 0.1) is 0 Å². The molecule has 2 aromatic carbocycles. The van der Waals surface area contributed by atoms with Crippen molar-refractivity contribution in [3.8, 4) is 23.0 Å². The molecule has 122 valence electrons. The minimum absolute atomic E-state index is 0.294. The number of carbonyl (C=O) groups is 1. The third kappa shape index (κ3) is 3.66. The van der Waals surface area contributed by atoms with Crippen LogP contribution < -0.4 is 24.3 Å². The van der Waals surface area contributed by atoms with Crippen molar-refractivity contribution in [1.82, 2.24) is 0 Å². The minimum Gasteiger partial charge on any atom is -0.497 e. The topological polar surface area (TPSA) is 66.0 Å². The van der Waals surface area contributed by atoms with E-state index in [4.69, 9.17) is 18.9 Å². The van der Waals surface area contributed by atoms with Crippen LogP contribution in [0.25, 0.3) is 0 Å². The van der Waals surface area contributed by atoms with Crippen LogP contribution in [0.3, 0.4) is 0 Å². The molecule has 0 aliphatic heterocycles. The molecule has 0 aromatic heterocycles. The highest BCUT2D eigenvalue weighted by Crippen LogP contribution is 2.31. The van der Waals surface area contributed by atoms with Crippen LogP contribution in [0.1, 0.15) is 10.4 Å². The fraction of sp³-hybridized carbons (Fsp3) is 0.235. The van der Waals surface area contributed by atoms with Crippen molar-refractivity contribution in [2.75, 3.05) is 33.8 Å². The van der Waals surface area contributed by atoms with E-state index in [1.54, 1.807) is 50.6 Å². The Balaban J connectivity index is 2.28. The van der Waals surface area contributed by atoms with Gasteiger partial charge in [0.05, 0.1) is 34.1 Å². The third-order valence-electron chi connectivity index (χ3n) is 3.30. The molecule has 0 unspecified atom stereocenters. The Morgan fingerprint density at radius 2 is 1.43 bits per heavy atom. The lowest BCUT2D eigenvalue weighted by molar-refractivity contribution is 0.102. The zero-order valence-electron chi connectivity index (χ0n) is 13.5. The molecule has 0 saturated heterocycles. The highest BCUT2D eigenvalue weighted by atomic mass is 16.5. The molecule has 0 heterocycles. The summed E-state index contributed by atoms with van der Waals surface area (Å²) < 4.78 is 20.8. The summed E-state index contributed by atoms with van der Waals surface area (Å²) in [5.41, 5.74) is 0.958. The van der Waals surface area contributed by atoms with E-state index in [2.05, 4.69) is 5.32 Å². The summed E-state index contributed by atoms with van der Waals surface area (Å²) in [4.78, 5) is 12.4. The Labute approximate surface area is 134 Å². The van der Waals surface area contributed by atoms with Crippen LogP contribution in [0.2, 0.25) is 0 Å². The van der Waals surface area contributed by atoms with Crippen LogP contribution in [-0.4, -0.2) is 34.3 Å². The molecule has 0 bridgehead atoms. The van der Waals surface area contributed by atoms with Gasteiger partial charge in [-0.2, -0.15) is 0 Å². The molecule has 1 amide bonds. The highest BCUT2D eigenvalue weighted by molar-refractivity contribution is 6.05. The van der Waals surface area contributed by atoms with Crippen molar-refractivity contribution in [3.63, 3.8) is 0 Å². The molecule has 6 nitrogen and oxygen atoms in total. The molecular weight excluding hydrogens is 298 g/mol. The molecule has 0 saturated carbocycles. The van der Waals surface area contributed by atoms with Gasteiger partial charge < -0.3 is 24.3 Å². The predicted octanol–water partition coefficient (Wildman–Crippen LogP) is 2.97. The summed E-state index contributed by atoms with van der Waals surface area (Å²) in [5.74, 6) is 1.91. The average molecular weight is 317 g/mol. The summed E-state index contributed by atoms with van der Waals surface area (Å²) >= 11 is 0. The van der Waals surface area contributed by atoms with Gasteiger partial charge in [0.2, 0.25) is 0 Å². The number of methoxy groups -OCH3 is 4. The zero-order chi connectivity index (χ0) is 16.8. The Morgan fingerprint density at radius 3 is 2.04 bits per heavy atom. The minimum atomic E-state index is -0.294. The molecule has 0 atom stereocenters. The quantitative estimate of drug-likeness (QED) is 0.887. The molecule has 0 fully saturated rings. The summed E-state index contributed by atoms with van der Waals surface area (Å²) in [6.45, 7) is 0. The van der Waals surface area contributed by atoms with Gasteiger partial charge in [-0.3, -0.25) is 4.79 Å². The number of carbonyl (C=O) groups excluding carboxylic acids is 1. The van der Waals surface area contributed by atoms with Gasteiger partial charge in [-0.05, 0) is 30.3 Å². The first-order valence-corrected chi connectivity index (χ1v) is 6.88. The highest BCUT2D eigenvalue weighted by Gasteiger charge is 2.13. The largest absolute Gasteiger partial charge is 0.497 e. The van der Waals surface area contributed by atoms with Crippen molar-refractivity contribution in [1.29, 1.82) is 0 Å². The van der Waals surface area contributed by atoms with Crippen LogP contribution >= 0.6 is 0 Å². The smallest absolute Gasteiger partial charge is 0.255 e. The van der Waals surface area contributed by atoms with Gasteiger partial charge in [-0.15, -0.1) is 0 Å². The van der Waals surface area contributed by atoms with E-state index in [0.29, 0.717) is 34.2 Å². The molecule has 0 aliphatic carbocycles. The molecule has 2 aromatic rings. The third-order valence-corrected chi connectivity index (χ3v) is 3.30. The maximum Gasteiger partial charge on any atom is 0.255 e. The maximum atomic E-state index is 12.4. The van der Waals surface area contributed by atoms with Gasteiger partial charge in [0.1, 0.15) is 11.5 Å². The molecule has 0 aliphatic rings. The van der Waals surface area contributed by atoms with Crippen LogP contribution in [-0.2, 0) is 0 Å². The van der Waals surface area contributed by atoms with E-state index in [-0.39, 0.29) is 5.91 Å². The Bertz CT molecular complexity index is 699. The van der Waals surface area contributed by atoms with E-state index < -0.39 is 0 Å². The van der Waals surface area contributed by atoms with Crippen molar-refractivity contribution in [2.24, 2.45) is 0 Å². The SMILES string of the molecule is COc1ccc(OC)c(NC(=O)c2ccc(OC)c(OC)c2)c1. The second kappa shape index (κ2) is 7.40. The fourth-order valence-electron chi connectivity index (χ4n) is 2.08. The number of ether oxygens (including phenoxy) is 4. The Morgan fingerprint density at radius 1 is 0.783 bits per heavy atom. The van der Waals surface area contributed by atoms with Crippen molar-refractivity contribution < 1.29 is 23.7 Å². The van der Waals surface area contributed by atoms with E-state index in [1.807, 2.05) is 0 Å². The van der Waals surface area contributed by atoms with Crippen molar-refractivity contribution in [2.45, 2.75) is 0 Å². The number of amides is 1. The van der Waals surface area contributed by atoms with Crippen LogP contribution in [0.4, 0.5) is 5.69 Å². The van der Waals surface area contributed by atoms with Gasteiger partial charge in [0, 0.05) is 11.6 Å². The first kappa shape index (κ1) is 16.5. The van der Waals surface area contributed by atoms with Gasteiger partial charge in [-0.1, -0.05) is 0 Å². The molecule has 23 heavy (non-hydrogen) atoms. The number of benzene rings is 2. The van der Waals surface area contributed by atoms with Gasteiger partial charge >= 0.3 is 0 Å². The monoisotopic (exact) mass is 317 g/mol.